The van der Waals surface area contributed by atoms with Gasteiger partial charge < -0.3 is 15.4 Å². The molecular weight excluding hydrogens is 337 g/mol. The van der Waals surface area contributed by atoms with E-state index in [0.29, 0.717) is 28.0 Å². The number of pyridine rings is 1. The van der Waals surface area contributed by atoms with Crippen LogP contribution in [0.3, 0.4) is 0 Å². The van der Waals surface area contributed by atoms with Gasteiger partial charge in [0.15, 0.2) is 0 Å². The Morgan fingerprint density at radius 1 is 1.22 bits per heavy atom. The van der Waals surface area contributed by atoms with Crippen LogP contribution < -0.4 is 10.6 Å². The maximum absolute atomic E-state index is 12.1. The fourth-order valence-electron chi connectivity index (χ4n) is 1.85. The number of hydrogen-bond acceptors (Lipinski definition) is 4. The Labute approximate surface area is 145 Å². The molecule has 1 heterocycles. The van der Waals surface area contributed by atoms with Gasteiger partial charge in [-0.2, -0.15) is 0 Å². The molecule has 5 nitrogen and oxygen atoms in total. The van der Waals surface area contributed by atoms with Crippen molar-refractivity contribution < 1.29 is 9.53 Å². The number of methoxy groups -OCH3 is 1. The predicted octanol–water partition coefficient (Wildman–Crippen LogP) is 4.09. The summed E-state index contributed by atoms with van der Waals surface area (Å²) in [5, 5.41) is 6.67. The SMILES string of the molecule is COCCCNc1ccc(NC(=O)c2ccc(Cl)c(Cl)c2)nc1. The molecule has 2 rings (SSSR count). The van der Waals surface area contributed by atoms with E-state index in [-0.39, 0.29) is 5.91 Å². The fourth-order valence-corrected chi connectivity index (χ4v) is 2.15. The lowest BCUT2D eigenvalue weighted by molar-refractivity contribution is 0.102. The van der Waals surface area contributed by atoms with Crippen molar-refractivity contribution in [2.75, 3.05) is 30.9 Å². The van der Waals surface area contributed by atoms with Crippen LogP contribution >= 0.6 is 23.2 Å². The zero-order valence-corrected chi connectivity index (χ0v) is 14.1. The summed E-state index contributed by atoms with van der Waals surface area (Å²) in [6, 6.07) is 8.29. The van der Waals surface area contributed by atoms with Gasteiger partial charge in [-0.25, -0.2) is 4.98 Å². The lowest BCUT2D eigenvalue weighted by atomic mass is 10.2. The third-order valence-electron chi connectivity index (χ3n) is 3.04. The molecule has 0 saturated heterocycles. The van der Waals surface area contributed by atoms with E-state index < -0.39 is 0 Å². The summed E-state index contributed by atoms with van der Waals surface area (Å²) in [6.45, 7) is 1.50. The van der Waals surface area contributed by atoms with Crippen molar-refractivity contribution >= 4 is 40.6 Å². The first kappa shape index (κ1) is 17.5. The third kappa shape index (κ3) is 5.39. The molecule has 1 aromatic heterocycles. The number of nitrogens with zero attached hydrogens (tertiary/aromatic N) is 1. The lowest BCUT2D eigenvalue weighted by Crippen LogP contribution is -2.13. The molecule has 0 radical (unpaired) electrons. The van der Waals surface area contributed by atoms with Gasteiger partial charge in [0.25, 0.3) is 5.91 Å². The van der Waals surface area contributed by atoms with Gasteiger partial charge in [0.1, 0.15) is 5.82 Å². The highest BCUT2D eigenvalue weighted by atomic mass is 35.5. The lowest BCUT2D eigenvalue weighted by Gasteiger charge is -2.08. The average molecular weight is 354 g/mol. The highest BCUT2D eigenvalue weighted by Crippen LogP contribution is 2.23. The normalized spacial score (nSPS) is 10.4. The molecule has 2 aromatic rings. The van der Waals surface area contributed by atoms with E-state index in [1.807, 2.05) is 6.07 Å². The van der Waals surface area contributed by atoms with Crippen LogP contribution in [0.2, 0.25) is 10.0 Å². The fraction of sp³-hybridized carbons (Fsp3) is 0.250. The summed E-state index contributed by atoms with van der Waals surface area (Å²) in [5.74, 6) is 0.167. The number of nitrogens with one attached hydrogen (secondary N) is 2. The quantitative estimate of drug-likeness (QED) is 0.735. The molecule has 1 amide bonds. The van der Waals surface area contributed by atoms with Crippen molar-refractivity contribution in [3.63, 3.8) is 0 Å². The summed E-state index contributed by atoms with van der Waals surface area (Å²) in [5.41, 5.74) is 1.30. The van der Waals surface area contributed by atoms with Gasteiger partial charge in [-0.1, -0.05) is 23.2 Å². The second-order valence-electron chi connectivity index (χ2n) is 4.79. The summed E-state index contributed by atoms with van der Waals surface area (Å²) < 4.78 is 4.98. The van der Waals surface area contributed by atoms with Gasteiger partial charge in [-0.15, -0.1) is 0 Å². The first-order chi connectivity index (χ1) is 11.1. The highest BCUT2D eigenvalue weighted by Gasteiger charge is 2.09. The second kappa shape index (κ2) is 8.72. The van der Waals surface area contributed by atoms with Crippen molar-refractivity contribution in [3.05, 3.63) is 52.1 Å². The van der Waals surface area contributed by atoms with E-state index in [9.17, 15) is 4.79 Å². The number of halogens is 2. The van der Waals surface area contributed by atoms with Crippen LogP contribution in [0.1, 0.15) is 16.8 Å². The predicted molar refractivity (Wildman–Crippen MR) is 93.6 cm³/mol. The number of hydrogen-bond donors (Lipinski definition) is 2. The van der Waals surface area contributed by atoms with E-state index in [2.05, 4.69) is 15.6 Å². The number of amides is 1. The van der Waals surface area contributed by atoms with Crippen LogP contribution in [0.25, 0.3) is 0 Å². The average Bonchev–Trinajstić information content (AvgIpc) is 2.55. The first-order valence-corrected chi connectivity index (χ1v) is 7.81. The Morgan fingerprint density at radius 3 is 2.70 bits per heavy atom. The minimum Gasteiger partial charge on any atom is -0.385 e. The molecule has 0 aliphatic carbocycles. The number of aromatic nitrogens is 1. The van der Waals surface area contributed by atoms with Crippen LogP contribution in [-0.2, 0) is 4.74 Å². The molecule has 7 heteroatoms. The van der Waals surface area contributed by atoms with Crippen molar-refractivity contribution in [2.45, 2.75) is 6.42 Å². The van der Waals surface area contributed by atoms with Crippen LogP contribution in [0, 0.1) is 0 Å². The van der Waals surface area contributed by atoms with E-state index in [1.165, 1.54) is 6.07 Å². The number of anilines is 2. The molecule has 2 N–H and O–H groups in total. The minimum absolute atomic E-state index is 0.295. The summed E-state index contributed by atoms with van der Waals surface area (Å²) in [7, 11) is 1.67. The largest absolute Gasteiger partial charge is 0.385 e. The van der Waals surface area contributed by atoms with Crippen molar-refractivity contribution in [1.29, 1.82) is 0 Å². The van der Waals surface area contributed by atoms with Gasteiger partial charge in [-0.05, 0) is 36.8 Å². The van der Waals surface area contributed by atoms with Gasteiger partial charge in [0, 0.05) is 25.8 Å². The van der Waals surface area contributed by atoms with E-state index in [4.69, 9.17) is 27.9 Å². The summed E-state index contributed by atoms with van der Waals surface area (Å²) >= 11 is 11.7. The van der Waals surface area contributed by atoms with Gasteiger partial charge in [0.2, 0.25) is 0 Å². The summed E-state index contributed by atoms with van der Waals surface area (Å²) in [4.78, 5) is 16.3. The molecule has 0 spiro atoms. The Kier molecular flexibility index (Phi) is 6.65. The van der Waals surface area contributed by atoms with Crippen LogP contribution in [0.4, 0.5) is 11.5 Å². The third-order valence-corrected chi connectivity index (χ3v) is 3.78. The number of ether oxygens (including phenoxy) is 1. The van der Waals surface area contributed by atoms with Crippen molar-refractivity contribution in [1.82, 2.24) is 4.98 Å². The summed E-state index contributed by atoms with van der Waals surface area (Å²) in [6.07, 6.45) is 2.57. The van der Waals surface area contributed by atoms with E-state index in [1.54, 1.807) is 31.5 Å². The topological polar surface area (TPSA) is 63.2 Å². The molecule has 0 bridgehead atoms. The smallest absolute Gasteiger partial charge is 0.256 e. The Bertz CT molecular complexity index is 663. The van der Waals surface area contributed by atoms with Gasteiger partial charge >= 0.3 is 0 Å². The standard InChI is InChI=1S/C16H17Cl2N3O2/c1-23-8-2-7-19-12-4-6-15(20-10-12)21-16(22)11-3-5-13(17)14(18)9-11/h3-6,9-10,19H,2,7-8H2,1H3,(H,20,21,22). The number of carbonyl (C=O) groups is 1. The maximum atomic E-state index is 12.1. The molecule has 0 aliphatic rings. The molecule has 122 valence electrons. The van der Waals surface area contributed by atoms with Crippen LogP contribution in [-0.4, -0.2) is 31.2 Å². The Balaban J connectivity index is 1.92. The second-order valence-corrected chi connectivity index (χ2v) is 5.60. The molecular formula is C16H17Cl2N3O2. The van der Waals surface area contributed by atoms with Gasteiger partial charge in [-0.3, -0.25) is 4.79 Å². The molecule has 1 aromatic carbocycles. The molecule has 0 fully saturated rings. The Morgan fingerprint density at radius 2 is 2.04 bits per heavy atom. The maximum Gasteiger partial charge on any atom is 0.256 e. The molecule has 23 heavy (non-hydrogen) atoms. The zero-order valence-electron chi connectivity index (χ0n) is 12.6. The van der Waals surface area contributed by atoms with Crippen LogP contribution in [0.5, 0.6) is 0 Å². The van der Waals surface area contributed by atoms with Gasteiger partial charge in [0.05, 0.1) is 21.9 Å². The van der Waals surface area contributed by atoms with Crippen molar-refractivity contribution in [2.24, 2.45) is 0 Å². The molecule has 0 atom stereocenters. The number of rotatable bonds is 7. The number of carbonyl (C=O) groups excluding carboxylic acids is 1. The van der Waals surface area contributed by atoms with Crippen LogP contribution in [0.15, 0.2) is 36.5 Å². The highest BCUT2D eigenvalue weighted by molar-refractivity contribution is 6.42. The first-order valence-electron chi connectivity index (χ1n) is 7.05. The zero-order chi connectivity index (χ0) is 16.7. The molecule has 0 aliphatic heterocycles. The minimum atomic E-state index is -0.295. The molecule has 0 unspecified atom stereocenters. The molecule has 0 saturated carbocycles. The van der Waals surface area contributed by atoms with E-state index >= 15 is 0 Å². The van der Waals surface area contributed by atoms with Crippen molar-refractivity contribution in [3.8, 4) is 0 Å². The number of benzene rings is 1. The Hall–Kier alpha value is -1.82. The van der Waals surface area contributed by atoms with E-state index in [0.717, 1.165) is 18.7 Å². The monoisotopic (exact) mass is 353 g/mol.